The summed E-state index contributed by atoms with van der Waals surface area (Å²) in [6.45, 7) is 4.50. The van der Waals surface area contributed by atoms with Crippen LogP contribution in [0.1, 0.15) is 38.8 Å². The molecule has 0 saturated carbocycles. The van der Waals surface area contributed by atoms with Gasteiger partial charge in [-0.3, -0.25) is 24.2 Å². The van der Waals surface area contributed by atoms with Gasteiger partial charge in [-0.1, -0.05) is 13.8 Å². The molecule has 15 heteroatoms. The van der Waals surface area contributed by atoms with Crippen molar-refractivity contribution in [3.8, 4) is 0 Å². The van der Waals surface area contributed by atoms with Gasteiger partial charge in [-0.05, 0) is 18.8 Å². The fraction of sp³-hybridized carbons (Fsp3) is 0.579. The molecule has 1 aromatic heterocycles. The second-order valence-electron chi connectivity index (χ2n) is 7.72. The first kappa shape index (κ1) is 31.0. The van der Waals surface area contributed by atoms with Crippen molar-refractivity contribution in [2.45, 2.75) is 51.6 Å². The molecule has 0 aliphatic carbocycles. The fourth-order valence-corrected chi connectivity index (χ4v) is 3.23. The number of carbonyl (C=O) groups excluding carboxylic acids is 3. The number of carboxylic acids is 1. The SMILES string of the molecule is CC(C)CNC(=O)[C@H](CC(=O)O)NC(=O)Cc1csc(NC(=O)[C@@H](N)CCCN=C(N)N)n1.Cl. The van der Waals surface area contributed by atoms with Crippen LogP contribution in [0.15, 0.2) is 10.4 Å². The Morgan fingerprint density at radius 1 is 1.21 bits per heavy atom. The quantitative estimate of drug-likeness (QED) is 0.0919. The van der Waals surface area contributed by atoms with Crippen molar-refractivity contribution in [3.63, 3.8) is 0 Å². The first-order chi connectivity index (χ1) is 15.5. The van der Waals surface area contributed by atoms with Crippen LogP contribution in [0.4, 0.5) is 5.13 Å². The second-order valence-corrected chi connectivity index (χ2v) is 8.58. The molecule has 0 saturated heterocycles. The van der Waals surface area contributed by atoms with Gasteiger partial charge in [-0.15, -0.1) is 23.7 Å². The highest BCUT2D eigenvalue weighted by molar-refractivity contribution is 7.13. The number of nitrogens with one attached hydrogen (secondary N) is 3. The Kier molecular flexibility index (Phi) is 14.4. The van der Waals surface area contributed by atoms with Gasteiger partial charge in [0.1, 0.15) is 6.04 Å². The van der Waals surface area contributed by atoms with Crippen LogP contribution in [0.2, 0.25) is 0 Å². The molecule has 2 atom stereocenters. The van der Waals surface area contributed by atoms with E-state index in [0.717, 1.165) is 11.3 Å². The summed E-state index contributed by atoms with van der Waals surface area (Å²) >= 11 is 1.11. The number of guanidine groups is 1. The smallest absolute Gasteiger partial charge is 0.305 e. The molecule has 13 nitrogen and oxygen atoms in total. The van der Waals surface area contributed by atoms with Crippen LogP contribution in [0.3, 0.4) is 0 Å². The Morgan fingerprint density at radius 2 is 1.88 bits per heavy atom. The lowest BCUT2D eigenvalue weighted by Gasteiger charge is -2.17. The Hall–Kier alpha value is -2.97. The summed E-state index contributed by atoms with van der Waals surface area (Å²) in [5, 5.41) is 18.5. The normalized spacial score (nSPS) is 12.1. The molecular weight excluding hydrogens is 488 g/mol. The van der Waals surface area contributed by atoms with E-state index in [1.807, 2.05) is 13.8 Å². The molecule has 0 aliphatic heterocycles. The Bertz CT molecular complexity index is 859. The van der Waals surface area contributed by atoms with Gasteiger partial charge >= 0.3 is 5.97 Å². The van der Waals surface area contributed by atoms with Crippen LogP contribution in [0, 0.1) is 5.92 Å². The van der Waals surface area contributed by atoms with Crippen molar-refractivity contribution in [2.75, 3.05) is 18.4 Å². The molecule has 0 radical (unpaired) electrons. The van der Waals surface area contributed by atoms with Crippen LogP contribution in [0.5, 0.6) is 0 Å². The number of thiazole rings is 1. The largest absolute Gasteiger partial charge is 0.481 e. The number of nitrogens with zero attached hydrogens (tertiary/aromatic N) is 2. The number of rotatable bonds is 14. The van der Waals surface area contributed by atoms with Gasteiger partial charge in [-0.25, -0.2) is 4.98 Å². The first-order valence-corrected chi connectivity index (χ1v) is 11.2. The van der Waals surface area contributed by atoms with E-state index >= 15 is 0 Å². The summed E-state index contributed by atoms with van der Waals surface area (Å²) in [5.74, 6) is -2.65. The minimum absolute atomic E-state index is 0. The summed E-state index contributed by atoms with van der Waals surface area (Å²) in [7, 11) is 0. The van der Waals surface area contributed by atoms with Gasteiger partial charge in [0.25, 0.3) is 0 Å². The molecule has 0 unspecified atom stereocenters. The zero-order valence-electron chi connectivity index (χ0n) is 19.1. The molecule has 0 bridgehead atoms. The van der Waals surface area contributed by atoms with E-state index in [2.05, 4.69) is 25.9 Å². The van der Waals surface area contributed by atoms with Crippen molar-refractivity contribution in [1.82, 2.24) is 15.6 Å². The van der Waals surface area contributed by atoms with E-state index in [4.69, 9.17) is 22.3 Å². The monoisotopic (exact) mass is 520 g/mol. The van der Waals surface area contributed by atoms with Gasteiger partial charge in [0.15, 0.2) is 11.1 Å². The highest BCUT2D eigenvalue weighted by Gasteiger charge is 2.24. The molecule has 0 fully saturated rings. The molecule has 0 aliphatic rings. The van der Waals surface area contributed by atoms with Gasteiger partial charge in [0, 0.05) is 18.5 Å². The summed E-state index contributed by atoms with van der Waals surface area (Å²) in [6, 6.07) is -1.99. The van der Waals surface area contributed by atoms with E-state index in [1.165, 1.54) is 0 Å². The lowest BCUT2D eigenvalue weighted by molar-refractivity contribution is -0.140. The van der Waals surface area contributed by atoms with E-state index < -0.39 is 42.2 Å². The van der Waals surface area contributed by atoms with Gasteiger partial charge in [0.2, 0.25) is 17.7 Å². The van der Waals surface area contributed by atoms with Crippen molar-refractivity contribution in [3.05, 3.63) is 11.1 Å². The molecule has 1 heterocycles. The third-order valence-corrected chi connectivity index (χ3v) is 4.95. The molecule has 1 rings (SSSR count). The lowest BCUT2D eigenvalue weighted by atomic mass is 10.1. The molecule has 34 heavy (non-hydrogen) atoms. The maximum absolute atomic E-state index is 12.3. The molecule has 192 valence electrons. The van der Waals surface area contributed by atoms with Crippen LogP contribution < -0.4 is 33.2 Å². The Balaban J connectivity index is 0.0000109. The van der Waals surface area contributed by atoms with Gasteiger partial charge in [-0.2, -0.15) is 0 Å². The summed E-state index contributed by atoms with van der Waals surface area (Å²) in [4.78, 5) is 55.7. The number of amides is 3. The predicted octanol–water partition coefficient (Wildman–Crippen LogP) is -0.841. The zero-order chi connectivity index (χ0) is 25.0. The topological polar surface area (TPSA) is 228 Å². The number of carboxylic acid groups (broad SMARTS) is 1. The van der Waals surface area contributed by atoms with Gasteiger partial charge in [0.05, 0.1) is 24.6 Å². The number of halogens is 1. The Morgan fingerprint density at radius 3 is 2.47 bits per heavy atom. The average molecular weight is 521 g/mol. The fourth-order valence-electron chi connectivity index (χ4n) is 2.52. The van der Waals surface area contributed by atoms with Crippen molar-refractivity contribution in [2.24, 2.45) is 28.1 Å². The molecule has 10 N–H and O–H groups in total. The highest BCUT2D eigenvalue weighted by atomic mass is 35.5. The van der Waals surface area contributed by atoms with Crippen LogP contribution in [0.25, 0.3) is 0 Å². The number of aliphatic carboxylic acids is 1. The predicted molar refractivity (Wildman–Crippen MR) is 132 cm³/mol. The van der Waals surface area contributed by atoms with Crippen molar-refractivity contribution < 1.29 is 24.3 Å². The number of carbonyl (C=O) groups is 4. The number of aromatic nitrogens is 1. The van der Waals surface area contributed by atoms with E-state index in [-0.39, 0.29) is 35.8 Å². The average Bonchev–Trinajstić information content (AvgIpc) is 3.14. The minimum atomic E-state index is -1.21. The third-order valence-electron chi connectivity index (χ3n) is 4.14. The number of hydrogen-bond acceptors (Lipinski definition) is 8. The van der Waals surface area contributed by atoms with Crippen LogP contribution in [-0.4, -0.2) is 64.9 Å². The van der Waals surface area contributed by atoms with E-state index in [1.54, 1.807) is 5.38 Å². The van der Waals surface area contributed by atoms with E-state index in [0.29, 0.717) is 31.6 Å². The number of nitrogens with two attached hydrogens (primary N) is 3. The molecular formula is C19H33ClN8O5S. The van der Waals surface area contributed by atoms with Gasteiger partial charge < -0.3 is 38.3 Å². The number of aliphatic imine (C=N–C) groups is 1. The molecule has 0 aromatic carbocycles. The summed E-state index contributed by atoms with van der Waals surface area (Å²) < 4.78 is 0. The maximum atomic E-state index is 12.3. The van der Waals surface area contributed by atoms with Crippen LogP contribution in [-0.2, 0) is 25.6 Å². The standard InChI is InChI=1S/C19H32N8O5S.ClH/c1-10(2)8-24-17(32)13(7-15(29)30)26-14(28)6-11-9-33-19(25-11)27-16(31)12(20)4-3-5-23-18(21)22;/h9-10,12-13H,3-8,20H2,1-2H3,(H,24,32)(H,26,28)(H,29,30)(H4,21,22,23)(H,25,27,31);1H/t12-,13-;/m0./s1. The van der Waals surface area contributed by atoms with E-state index in [9.17, 15) is 19.2 Å². The molecule has 3 amide bonds. The first-order valence-electron chi connectivity index (χ1n) is 10.3. The third kappa shape index (κ3) is 12.9. The van der Waals surface area contributed by atoms with Crippen molar-refractivity contribution >= 4 is 58.5 Å². The maximum Gasteiger partial charge on any atom is 0.305 e. The second kappa shape index (κ2) is 15.8. The molecule has 1 aromatic rings. The number of hydrogen-bond donors (Lipinski definition) is 7. The summed E-state index contributed by atoms with van der Waals surface area (Å²) in [5.41, 5.74) is 16.7. The van der Waals surface area contributed by atoms with Crippen LogP contribution >= 0.6 is 23.7 Å². The lowest BCUT2D eigenvalue weighted by Crippen LogP contribution is -2.49. The highest BCUT2D eigenvalue weighted by Crippen LogP contribution is 2.16. The summed E-state index contributed by atoms with van der Waals surface area (Å²) in [6.07, 6.45) is 0.157. The van der Waals surface area contributed by atoms with Crippen molar-refractivity contribution in [1.29, 1.82) is 0 Å². The minimum Gasteiger partial charge on any atom is -0.481 e. The Labute approximate surface area is 207 Å². The molecule has 0 spiro atoms. The number of anilines is 1. The zero-order valence-corrected chi connectivity index (χ0v) is 20.7.